The van der Waals surface area contributed by atoms with Crippen LogP contribution in [0.3, 0.4) is 0 Å². The van der Waals surface area contributed by atoms with Crippen molar-refractivity contribution in [3.05, 3.63) is 105 Å². The fraction of sp³-hybridized carbons (Fsp3) is 0.361. The molecule has 0 aliphatic heterocycles. The summed E-state index contributed by atoms with van der Waals surface area (Å²) >= 11 is 1.79. The summed E-state index contributed by atoms with van der Waals surface area (Å²) in [7, 11) is 0. The number of aryl methyl sites for hydroxylation is 2. The van der Waals surface area contributed by atoms with Crippen LogP contribution in [0, 0.1) is 11.3 Å². The Bertz CT molecular complexity index is 1490. The van der Waals surface area contributed by atoms with Gasteiger partial charge in [0, 0.05) is 16.9 Å². The molecule has 0 spiro atoms. The molecule has 0 radical (unpaired) electrons. The Morgan fingerprint density at radius 2 is 1.88 bits per heavy atom. The van der Waals surface area contributed by atoms with E-state index in [1.165, 1.54) is 27.3 Å². The zero-order chi connectivity index (χ0) is 29.1. The van der Waals surface area contributed by atoms with E-state index in [0.29, 0.717) is 18.9 Å². The van der Waals surface area contributed by atoms with Crippen LogP contribution in [0.15, 0.2) is 78.2 Å². The molecular formula is C36H38N2O3S. The molecule has 2 atom stereocenters. The summed E-state index contributed by atoms with van der Waals surface area (Å²) in [4.78, 5) is 17.1. The van der Waals surface area contributed by atoms with Crippen molar-refractivity contribution < 1.29 is 14.3 Å². The summed E-state index contributed by atoms with van der Waals surface area (Å²) in [6.45, 7) is 2.58. The zero-order valence-electron chi connectivity index (χ0n) is 24.3. The summed E-state index contributed by atoms with van der Waals surface area (Å²) in [5.41, 5.74) is 7.19. The number of rotatable bonds is 13. The van der Waals surface area contributed by atoms with Crippen molar-refractivity contribution in [1.29, 1.82) is 5.26 Å². The maximum absolute atomic E-state index is 12.0. The Labute approximate surface area is 253 Å². The molecule has 0 amide bonds. The Hall–Kier alpha value is -3.95. The molecule has 5 nitrogen and oxygen atoms in total. The number of hydrogen-bond acceptors (Lipinski definition) is 6. The lowest BCUT2D eigenvalue weighted by molar-refractivity contribution is -0.142. The number of ether oxygens (including phenoxy) is 2. The number of nitrogens with zero attached hydrogens (tertiary/aromatic N) is 2. The molecule has 0 saturated carbocycles. The fourth-order valence-electron chi connectivity index (χ4n) is 5.83. The van der Waals surface area contributed by atoms with Gasteiger partial charge in [0.1, 0.15) is 18.4 Å². The molecule has 42 heavy (non-hydrogen) atoms. The van der Waals surface area contributed by atoms with Crippen LogP contribution in [-0.2, 0) is 29.0 Å². The number of aromatic nitrogens is 1. The first-order chi connectivity index (χ1) is 20.6. The van der Waals surface area contributed by atoms with Gasteiger partial charge in [-0.2, -0.15) is 5.26 Å². The quantitative estimate of drug-likeness (QED) is 0.148. The van der Waals surface area contributed by atoms with Crippen molar-refractivity contribution in [2.75, 3.05) is 6.61 Å². The van der Waals surface area contributed by atoms with Crippen molar-refractivity contribution in [2.24, 2.45) is 0 Å². The average molecular weight is 579 g/mol. The molecule has 216 valence electrons. The Morgan fingerprint density at radius 1 is 1.07 bits per heavy atom. The Kier molecular flexibility index (Phi) is 10.4. The monoisotopic (exact) mass is 578 g/mol. The lowest BCUT2D eigenvalue weighted by Gasteiger charge is -2.25. The average Bonchev–Trinajstić information content (AvgIpc) is 3.52. The summed E-state index contributed by atoms with van der Waals surface area (Å²) < 4.78 is 11.1. The third-order valence-corrected chi connectivity index (χ3v) is 9.06. The van der Waals surface area contributed by atoms with Crippen LogP contribution in [0.2, 0.25) is 0 Å². The van der Waals surface area contributed by atoms with E-state index >= 15 is 0 Å². The van der Waals surface area contributed by atoms with Gasteiger partial charge in [0.05, 0.1) is 17.1 Å². The van der Waals surface area contributed by atoms with Crippen molar-refractivity contribution in [3.8, 4) is 23.1 Å². The van der Waals surface area contributed by atoms with Gasteiger partial charge in [-0.25, -0.2) is 4.98 Å². The third kappa shape index (κ3) is 7.86. The number of nitriles is 1. The van der Waals surface area contributed by atoms with Gasteiger partial charge in [0.15, 0.2) is 6.61 Å². The van der Waals surface area contributed by atoms with Crippen LogP contribution in [0.5, 0.6) is 5.75 Å². The van der Waals surface area contributed by atoms with Gasteiger partial charge in [-0.3, -0.25) is 4.79 Å². The van der Waals surface area contributed by atoms with E-state index in [1.807, 2.05) is 18.2 Å². The van der Waals surface area contributed by atoms with Crippen molar-refractivity contribution >= 4 is 17.3 Å². The van der Waals surface area contributed by atoms with Gasteiger partial charge in [-0.1, -0.05) is 74.0 Å². The van der Waals surface area contributed by atoms with Crippen LogP contribution in [0.25, 0.3) is 11.3 Å². The molecule has 2 unspecified atom stereocenters. The van der Waals surface area contributed by atoms with E-state index in [0.717, 1.165) is 62.0 Å². The standard InChI is InChI=1S/C36H38N2O3S/c1-2-7-29(36-38-34(25-42-36)28-8-4-3-5-9-28)17-16-26-12-14-27(15-13-26)24-41-32-18-19-33-30(22-32)10-6-11-31(33)23-35(39)40-21-20-37/h3-5,8-9,12-15,18-19,22,25,29,31H,2,6-7,10-11,16-17,21,23-24H2,1H3. The SMILES string of the molecule is CCCC(CCc1ccc(COc2ccc3c(c2)CCCC3CC(=O)OCC#N)cc1)c1nc(-c2ccccc2)cs1. The Morgan fingerprint density at radius 3 is 2.67 bits per heavy atom. The lowest BCUT2D eigenvalue weighted by Crippen LogP contribution is -2.16. The molecule has 0 N–H and O–H groups in total. The van der Waals surface area contributed by atoms with Crippen LogP contribution >= 0.6 is 11.3 Å². The third-order valence-electron chi connectivity index (χ3n) is 8.05. The molecule has 4 aromatic rings. The van der Waals surface area contributed by atoms with Crippen molar-refractivity contribution in [2.45, 2.75) is 76.7 Å². The minimum atomic E-state index is -0.306. The highest BCUT2D eigenvalue weighted by molar-refractivity contribution is 7.10. The van der Waals surface area contributed by atoms with Gasteiger partial charge in [-0.15, -0.1) is 11.3 Å². The van der Waals surface area contributed by atoms with Crippen LogP contribution in [-0.4, -0.2) is 17.6 Å². The highest BCUT2D eigenvalue weighted by Gasteiger charge is 2.24. The summed E-state index contributed by atoms with van der Waals surface area (Å²) in [6, 6.07) is 27.3. The first-order valence-corrected chi connectivity index (χ1v) is 15.9. The van der Waals surface area contributed by atoms with E-state index in [9.17, 15) is 4.79 Å². The lowest BCUT2D eigenvalue weighted by atomic mass is 9.81. The van der Waals surface area contributed by atoms with Crippen LogP contribution in [0.1, 0.15) is 84.5 Å². The van der Waals surface area contributed by atoms with E-state index in [-0.39, 0.29) is 18.5 Å². The summed E-state index contributed by atoms with van der Waals surface area (Å²) in [6.07, 6.45) is 7.72. The molecule has 0 bridgehead atoms. The minimum absolute atomic E-state index is 0.139. The normalized spacial score (nSPS) is 14.9. The molecule has 0 fully saturated rings. The Balaban J connectivity index is 1.14. The molecule has 0 saturated heterocycles. The summed E-state index contributed by atoms with van der Waals surface area (Å²) in [5, 5.41) is 12.1. The highest BCUT2D eigenvalue weighted by Crippen LogP contribution is 2.36. The molecule has 1 aliphatic carbocycles. The molecule has 3 aromatic carbocycles. The number of thiazole rings is 1. The number of hydrogen-bond donors (Lipinski definition) is 0. The first kappa shape index (κ1) is 29.5. The van der Waals surface area contributed by atoms with Gasteiger partial charge < -0.3 is 9.47 Å². The molecule has 1 heterocycles. The van der Waals surface area contributed by atoms with E-state index in [1.54, 1.807) is 11.3 Å². The van der Waals surface area contributed by atoms with Gasteiger partial charge in [0.25, 0.3) is 0 Å². The number of esters is 1. The topological polar surface area (TPSA) is 72.2 Å². The molecule has 5 rings (SSSR count). The van der Waals surface area contributed by atoms with Gasteiger partial charge in [0.2, 0.25) is 0 Å². The maximum atomic E-state index is 12.0. The van der Waals surface area contributed by atoms with E-state index in [4.69, 9.17) is 19.7 Å². The highest BCUT2D eigenvalue weighted by atomic mass is 32.1. The molecule has 6 heteroatoms. The number of carbonyl (C=O) groups is 1. The predicted octanol–water partition coefficient (Wildman–Crippen LogP) is 8.78. The first-order valence-electron chi connectivity index (χ1n) is 15.0. The van der Waals surface area contributed by atoms with Gasteiger partial charge >= 0.3 is 5.97 Å². The van der Waals surface area contributed by atoms with Crippen molar-refractivity contribution in [1.82, 2.24) is 4.98 Å². The van der Waals surface area contributed by atoms with E-state index < -0.39 is 0 Å². The zero-order valence-corrected chi connectivity index (χ0v) is 25.1. The largest absolute Gasteiger partial charge is 0.489 e. The minimum Gasteiger partial charge on any atom is -0.489 e. The number of carbonyl (C=O) groups excluding carboxylic acids is 1. The summed E-state index contributed by atoms with van der Waals surface area (Å²) in [5.74, 6) is 1.16. The maximum Gasteiger partial charge on any atom is 0.307 e. The molecule has 1 aliphatic rings. The smallest absolute Gasteiger partial charge is 0.307 e. The van der Waals surface area contributed by atoms with E-state index in [2.05, 4.69) is 73.0 Å². The molecular weight excluding hydrogens is 540 g/mol. The number of fused-ring (bicyclic) bond motifs is 1. The van der Waals surface area contributed by atoms with Gasteiger partial charge in [-0.05, 0) is 78.8 Å². The van der Waals surface area contributed by atoms with Crippen LogP contribution < -0.4 is 4.74 Å². The number of benzene rings is 3. The second-order valence-electron chi connectivity index (χ2n) is 11.0. The second-order valence-corrected chi connectivity index (χ2v) is 11.9. The van der Waals surface area contributed by atoms with Crippen LogP contribution in [0.4, 0.5) is 0 Å². The van der Waals surface area contributed by atoms with Crippen molar-refractivity contribution in [3.63, 3.8) is 0 Å². The predicted molar refractivity (Wildman–Crippen MR) is 168 cm³/mol. The molecule has 1 aromatic heterocycles. The second kappa shape index (κ2) is 14.8. The fourth-order valence-corrected chi connectivity index (χ4v) is 6.83.